The van der Waals surface area contributed by atoms with E-state index in [2.05, 4.69) is 40.2 Å². The summed E-state index contributed by atoms with van der Waals surface area (Å²) in [6, 6.07) is 13.7. The lowest BCUT2D eigenvalue weighted by Crippen LogP contribution is -2.38. The van der Waals surface area contributed by atoms with Crippen LogP contribution in [0.4, 0.5) is 16.1 Å². The van der Waals surface area contributed by atoms with Crippen molar-refractivity contribution in [2.75, 3.05) is 42.9 Å². The Labute approximate surface area is 228 Å². The molecule has 14 heteroatoms. The Hall–Kier alpha value is -3.98. The summed E-state index contributed by atoms with van der Waals surface area (Å²) in [5.41, 5.74) is 3.33. The van der Waals surface area contributed by atoms with E-state index in [4.69, 9.17) is 4.74 Å². The third-order valence-electron chi connectivity index (χ3n) is 6.19. The molecule has 0 spiro atoms. The van der Waals surface area contributed by atoms with Gasteiger partial charge in [0.1, 0.15) is 5.82 Å². The molecule has 2 N–H and O–H groups in total. The normalized spacial score (nSPS) is 14.5. The number of morpholine rings is 1. The van der Waals surface area contributed by atoms with Gasteiger partial charge in [-0.25, -0.2) is 13.4 Å². The van der Waals surface area contributed by atoms with E-state index < -0.39 is 10.0 Å². The molecule has 12 nitrogen and oxygen atoms in total. The molecule has 1 aliphatic rings. The van der Waals surface area contributed by atoms with Crippen LogP contribution >= 0.6 is 11.3 Å². The number of pyridine rings is 2. The van der Waals surface area contributed by atoms with Crippen molar-refractivity contribution in [3.05, 3.63) is 67.1 Å². The molecule has 0 aliphatic carbocycles. The topological polar surface area (TPSA) is 140 Å². The van der Waals surface area contributed by atoms with Crippen LogP contribution in [0.3, 0.4) is 0 Å². The molecule has 0 radical (unpaired) electrons. The zero-order valence-electron chi connectivity index (χ0n) is 20.8. The molecule has 5 aromatic rings. The SMILES string of the molecule is O=S(=O)(Nc1nnc(Nc2ccc3ncc(-c4cnn(CCN5CCOCC5)c4)cc3n2)s1)c1ccccc1. The lowest BCUT2D eigenvalue weighted by atomic mass is 10.1. The number of hydrogen-bond donors (Lipinski definition) is 2. The molecule has 200 valence electrons. The second kappa shape index (κ2) is 11.0. The van der Waals surface area contributed by atoms with Crippen LogP contribution in [-0.4, -0.2) is 76.1 Å². The zero-order chi connectivity index (χ0) is 26.7. The zero-order valence-corrected chi connectivity index (χ0v) is 22.4. The molecule has 6 rings (SSSR count). The van der Waals surface area contributed by atoms with Crippen molar-refractivity contribution in [1.82, 2.24) is 34.8 Å². The molecule has 1 fully saturated rings. The smallest absolute Gasteiger partial charge is 0.263 e. The predicted octanol–water partition coefficient (Wildman–Crippen LogP) is 3.22. The van der Waals surface area contributed by atoms with Gasteiger partial charge >= 0.3 is 0 Å². The summed E-state index contributed by atoms with van der Waals surface area (Å²) in [5.74, 6) is 0.538. The van der Waals surface area contributed by atoms with Crippen LogP contribution in [0.25, 0.3) is 22.2 Å². The fraction of sp³-hybridized carbons (Fsp3) is 0.240. The third kappa shape index (κ3) is 6.04. The summed E-state index contributed by atoms with van der Waals surface area (Å²) in [6.07, 6.45) is 5.67. The lowest BCUT2D eigenvalue weighted by molar-refractivity contribution is 0.0360. The largest absolute Gasteiger partial charge is 0.379 e. The van der Waals surface area contributed by atoms with E-state index in [-0.39, 0.29) is 10.0 Å². The number of aromatic nitrogens is 6. The summed E-state index contributed by atoms with van der Waals surface area (Å²) >= 11 is 1.07. The van der Waals surface area contributed by atoms with Crippen LogP contribution in [0.15, 0.2) is 72.0 Å². The quantitative estimate of drug-likeness (QED) is 0.275. The van der Waals surface area contributed by atoms with E-state index >= 15 is 0 Å². The Morgan fingerprint density at radius 1 is 0.923 bits per heavy atom. The van der Waals surface area contributed by atoms with Gasteiger partial charge in [-0.3, -0.25) is 19.3 Å². The maximum absolute atomic E-state index is 12.6. The molecule has 1 aliphatic heterocycles. The number of nitrogens with zero attached hydrogens (tertiary/aromatic N) is 7. The highest BCUT2D eigenvalue weighted by atomic mass is 32.2. The maximum Gasteiger partial charge on any atom is 0.263 e. The van der Waals surface area contributed by atoms with Crippen LogP contribution in [0.5, 0.6) is 0 Å². The van der Waals surface area contributed by atoms with Crippen molar-refractivity contribution in [2.45, 2.75) is 11.4 Å². The van der Waals surface area contributed by atoms with Crippen molar-refractivity contribution in [3.63, 3.8) is 0 Å². The summed E-state index contributed by atoms with van der Waals surface area (Å²) in [6.45, 7) is 5.20. The second-order valence-electron chi connectivity index (χ2n) is 8.86. The summed E-state index contributed by atoms with van der Waals surface area (Å²) in [4.78, 5) is 11.8. The predicted molar refractivity (Wildman–Crippen MR) is 148 cm³/mol. The first-order chi connectivity index (χ1) is 19.0. The number of benzene rings is 1. The molecule has 1 saturated heterocycles. The Morgan fingerprint density at radius 2 is 1.74 bits per heavy atom. The highest BCUT2D eigenvalue weighted by Gasteiger charge is 2.17. The molecule has 0 unspecified atom stereocenters. The minimum absolute atomic E-state index is 0.150. The fourth-order valence-corrected chi connectivity index (χ4v) is 6.04. The van der Waals surface area contributed by atoms with Crippen LogP contribution in [0, 0.1) is 0 Å². The molecule has 0 atom stereocenters. The van der Waals surface area contributed by atoms with Gasteiger partial charge in [0.05, 0.1) is 41.9 Å². The molecule has 0 amide bonds. The Morgan fingerprint density at radius 3 is 2.59 bits per heavy atom. The molecular formula is C25H25N9O3S2. The first-order valence-corrected chi connectivity index (χ1v) is 14.6. The number of anilines is 3. The number of hydrogen-bond acceptors (Lipinski definition) is 11. The van der Waals surface area contributed by atoms with Crippen molar-refractivity contribution in [3.8, 4) is 11.1 Å². The minimum atomic E-state index is -3.75. The van der Waals surface area contributed by atoms with Gasteiger partial charge in [0.2, 0.25) is 10.3 Å². The van der Waals surface area contributed by atoms with Crippen LogP contribution in [0.1, 0.15) is 0 Å². The van der Waals surface area contributed by atoms with E-state index in [0.717, 1.165) is 67.4 Å². The number of ether oxygens (including phenoxy) is 1. The van der Waals surface area contributed by atoms with E-state index in [1.807, 2.05) is 35.4 Å². The molecule has 39 heavy (non-hydrogen) atoms. The van der Waals surface area contributed by atoms with Gasteiger partial charge in [-0.05, 0) is 30.3 Å². The second-order valence-corrected chi connectivity index (χ2v) is 11.5. The first-order valence-electron chi connectivity index (χ1n) is 12.3. The first kappa shape index (κ1) is 25.3. The highest BCUT2D eigenvalue weighted by Crippen LogP contribution is 2.27. The molecular weight excluding hydrogens is 538 g/mol. The molecule has 1 aromatic carbocycles. The fourth-order valence-electron chi connectivity index (χ4n) is 4.14. The molecule has 4 aromatic heterocycles. The van der Waals surface area contributed by atoms with Crippen LogP contribution < -0.4 is 10.0 Å². The van der Waals surface area contributed by atoms with E-state index in [1.54, 1.807) is 24.3 Å². The number of rotatable bonds is 9. The van der Waals surface area contributed by atoms with Gasteiger partial charge in [-0.2, -0.15) is 5.10 Å². The Bertz CT molecular complexity index is 1680. The monoisotopic (exact) mass is 563 g/mol. The summed E-state index contributed by atoms with van der Waals surface area (Å²) in [7, 11) is -3.75. The van der Waals surface area contributed by atoms with E-state index in [9.17, 15) is 8.42 Å². The molecule has 5 heterocycles. The molecule has 0 bridgehead atoms. The van der Waals surface area contributed by atoms with Crippen molar-refractivity contribution in [1.29, 1.82) is 0 Å². The number of sulfonamides is 1. The number of nitrogens with one attached hydrogen (secondary N) is 2. The van der Waals surface area contributed by atoms with Crippen molar-refractivity contribution >= 4 is 48.5 Å². The Kier molecular flexibility index (Phi) is 7.15. The minimum Gasteiger partial charge on any atom is -0.379 e. The van der Waals surface area contributed by atoms with Gasteiger partial charge in [0.15, 0.2) is 0 Å². The summed E-state index contributed by atoms with van der Waals surface area (Å²) in [5, 5.41) is 16.1. The average Bonchev–Trinajstić information content (AvgIpc) is 3.62. The highest BCUT2D eigenvalue weighted by molar-refractivity contribution is 7.93. The van der Waals surface area contributed by atoms with Gasteiger partial charge in [-0.1, -0.05) is 29.5 Å². The Balaban J connectivity index is 1.14. The average molecular weight is 564 g/mol. The van der Waals surface area contributed by atoms with Gasteiger partial charge in [0.25, 0.3) is 10.0 Å². The third-order valence-corrected chi connectivity index (χ3v) is 8.43. The number of fused-ring (bicyclic) bond motifs is 1. The standard InChI is InChI=1S/C25H25N9O3S2/c35-39(36,20-4-2-1-3-5-20)32-25-31-30-24(38-25)29-23-7-6-21-22(28-23)14-18(15-26-21)19-16-27-34(17-19)9-8-33-10-12-37-13-11-33/h1-7,14-17H,8-13H2,(H,31,32)(H,28,29,30). The van der Waals surface area contributed by atoms with Gasteiger partial charge in [-0.15, -0.1) is 10.2 Å². The maximum atomic E-state index is 12.6. The lowest BCUT2D eigenvalue weighted by Gasteiger charge is -2.26. The van der Waals surface area contributed by atoms with Gasteiger partial charge in [0, 0.05) is 43.2 Å². The van der Waals surface area contributed by atoms with Crippen molar-refractivity contribution < 1.29 is 13.2 Å². The summed E-state index contributed by atoms with van der Waals surface area (Å²) < 4.78 is 34.9. The van der Waals surface area contributed by atoms with E-state index in [0.29, 0.717) is 16.5 Å². The van der Waals surface area contributed by atoms with Gasteiger partial charge < -0.3 is 10.1 Å². The molecule has 0 saturated carbocycles. The van der Waals surface area contributed by atoms with Crippen LogP contribution in [0.2, 0.25) is 0 Å². The van der Waals surface area contributed by atoms with Crippen molar-refractivity contribution in [2.24, 2.45) is 0 Å². The van der Waals surface area contributed by atoms with E-state index in [1.165, 1.54) is 12.1 Å². The van der Waals surface area contributed by atoms with Crippen LogP contribution in [-0.2, 0) is 21.3 Å².